The molecule has 0 aromatic carbocycles. The lowest BCUT2D eigenvalue weighted by atomic mass is 10.0. The van der Waals surface area contributed by atoms with E-state index in [1.807, 2.05) is 0 Å². The Morgan fingerprint density at radius 3 is 1.16 bits per heavy atom. The largest absolute Gasteiger partial charge is 0.472 e. The number of carbonyl (C=O) groups is 2. The summed E-state index contributed by atoms with van der Waals surface area (Å²) in [4.78, 5) is 34.7. The zero-order valence-electron chi connectivity index (χ0n) is 40.2. The molecule has 9 nitrogen and oxygen atoms in total. The Balaban J connectivity index is 3.72. The Kier molecular flexibility index (Phi) is 47.2. The molecule has 0 aliphatic heterocycles. The van der Waals surface area contributed by atoms with E-state index in [9.17, 15) is 19.0 Å². The Bertz CT molecular complexity index is 1010. The normalized spacial score (nSPS) is 13.2. The molecule has 0 spiro atoms. The molecule has 0 fully saturated rings. The van der Waals surface area contributed by atoms with E-state index < -0.39 is 26.5 Å². The molecule has 3 N–H and O–H groups in total. The second-order valence-corrected chi connectivity index (χ2v) is 19.2. The molecule has 0 heterocycles. The summed E-state index contributed by atoms with van der Waals surface area (Å²) in [6.07, 6.45) is 53.1. The van der Waals surface area contributed by atoms with Crippen LogP contribution in [0.2, 0.25) is 0 Å². The van der Waals surface area contributed by atoms with E-state index >= 15 is 0 Å². The van der Waals surface area contributed by atoms with Crippen LogP contribution in [0.5, 0.6) is 0 Å². The first-order chi connectivity index (χ1) is 29.8. The van der Waals surface area contributed by atoms with Crippen molar-refractivity contribution in [1.29, 1.82) is 0 Å². The van der Waals surface area contributed by atoms with E-state index in [-0.39, 0.29) is 38.6 Å². The highest BCUT2D eigenvalue weighted by atomic mass is 31.2. The van der Waals surface area contributed by atoms with E-state index in [0.717, 1.165) is 32.1 Å². The molecule has 0 amide bonds. The van der Waals surface area contributed by atoms with Gasteiger partial charge in [0.25, 0.3) is 0 Å². The molecule has 0 radical (unpaired) electrons. The van der Waals surface area contributed by atoms with Crippen molar-refractivity contribution in [2.24, 2.45) is 5.73 Å². The molecule has 61 heavy (non-hydrogen) atoms. The zero-order chi connectivity index (χ0) is 44.6. The molecule has 0 aliphatic carbocycles. The van der Waals surface area contributed by atoms with E-state index in [1.165, 1.54) is 205 Å². The number of hydrogen-bond acceptors (Lipinski definition) is 8. The van der Waals surface area contributed by atoms with Crippen LogP contribution >= 0.6 is 7.82 Å². The lowest BCUT2D eigenvalue weighted by molar-refractivity contribution is -0.161. The van der Waals surface area contributed by atoms with Crippen LogP contribution in [0.15, 0.2) is 12.2 Å². The van der Waals surface area contributed by atoms with Crippen molar-refractivity contribution in [1.82, 2.24) is 0 Å². The number of nitrogens with two attached hydrogens (primary N) is 1. The molecule has 0 aliphatic rings. The summed E-state index contributed by atoms with van der Waals surface area (Å²) >= 11 is 0. The average molecular weight is 886 g/mol. The van der Waals surface area contributed by atoms with Gasteiger partial charge in [0.05, 0.1) is 13.2 Å². The maximum Gasteiger partial charge on any atom is 0.472 e. The fraction of sp³-hybridized carbons (Fsp3) is 0.922. The van der Waals surface area contributed by atoms with E-state index in [4.69, 9.17) is 24.3 Å². The summed E-state index contributed by atoms with van der Waals surface area (Å²) in [7, 11) is -4.37. The maximum atomic E-state index is 12.6. The third-order valence-corrected chi connectivity index (χ3v) is 12.6. The Labute approximate surface area is 377 Å². The fourth-order valence-electron chi connectivity index (χ4n) is 7.75. The molecule has 2 atom stereocenters. The lowest BCUT2D eigenvalue weighted by Gasteiger charge is -2.19. The number of carbonyl (C=O) groups excluding carboxylic acids is 2. The molecule has 0 saturated heterocycles. The maximum absolute atomic E-state index is 12.6. The number of phosphoric acid groups is 1. The number of hydrogen-bond donors (Lipinski definition) is 2. The van der Waals surface area contributed by atoms with Gasteiger partial charge in [-0.15, -0.1) is 0 Å². The molecule has 0 saturated carbocycles. The molecule has 362 valence electrons. The molecular weight excluding hydrogens is 786 g/mol. The van der Waals surface area contributed by atoms with Crippen LogP contribution in [-0.2, 0) is 32.7 Å². The molecule has 0 bridgehead atoms. The summed E-state index contributed by atoms with van der Waals surface area (Å²) in [5.74, 6) is -0.821. The number of unbranched alkanes of at least 4 members (excludes halogenated alkanes) is 35. The van der Waals surface area contributed by atoms with Gasteiger partial charge < -0.3 is 20.1 Å². The van der Waals surface area contributed by atoms with Gasteiger partial charge in [0, 0.05) is 19.4 Å². The third kappa shape index (κ3) is 48.1. The van der Waals surface area contributed by atoms with Crippen molar-refractivity contribution in [3.8, 4) is 0 Å². The number of ether oxygens (including phenoxy) is 2. The van der Waals surface area contributed by atoms with Crippen molar-refractivity contribution in [3.05, 3.63) is 12.2 Å². The minimum absolute atomic E-state index is 0.0569. The second-order valence-electron chi connectivity index (χ2n) is 17.8. The third-order valence-electron chi connectivity index (χ3n) is 11.7. The second kappa shape index (κ2) is 48.2. The molecule has 0 aromatic heterocycles. The smallest absolute Gasteiger partial charge is 0.462 e. The topological polar surface area (TPSA) is 134 Å². The fourth-order valence-corrected chi connectivity index (χ4v) is 8.52. The Morgan fingerprint density at radius 1 is 0.475 bits per heavy atom. The Morgan fingerprint density at radius 2 is 0.803 bits per heavy atom. The molecular formula is C51H100NO8P. The van der Waals surface area contributed by atoms with Crippen molar-refractivity contribution < 1.29 is 37.6 Å². The van der Waals surface area contributed by atoms with Crippen LogP contribution in [0.4, 0.5) is 0 Å². The van der Waals surface area contributed by atoms with Crippen LogP contribution in [0.1, 0.15) is 271 Å². The van der Waals surface area contributed by atoms with Gasteiger partial charge in [-0.3, -0.25) is 18.6 Å². The van der Waals surface area contributed by atoms with Gasteiger partial charge in [-0.05, 0) is 38.5 Å². The first-order valence-electron chi connectivity index (χ1n) is 26.2. The zero-order valence-corrected chi connectivity index (χ0v) is 41.1. The predicted octanol–water partition coefficient (Wildman–Crippen LogP) is 15.7. The summed E-state index contributed by atoms with van der Waals surface area (Å²) < 4.78 is 32.7. The van der Waals surface area contributed by atoms with Gasteiger partial charge >= 0.3 is 19.8 Å². The first-order valence-corrected chi connectivity index (χ1v) is 27.7. The van der Waals surface area contributed by atoms with Gasteiger partial charge in [-0.2, -0.15) is 0 Å². The standard InChI is InChI=1S/C51H100NO8P/c1-3-5-7-9-11-12-13-14-15-16-17-18-19-20-21-22-23-24-25-26-27-28-29-30-31-32-33-34-35-36-38-40-42-44-51(54)60-49(48-59-61(55,56)58-46-45-52)47-57-50(53)43-41-39-37-10-8-6-4-2/h16-17,49H,3-15,18-48,52H2,1-2H3,(H,55,56)/b17-16-. The highest BCUT2D eigenvalue weighted by Crippen LogP contribution is 2.43. The number of esters is 2. The predicted molar refractivity (Wildman–Crippen MR) is 257 cm³/mol. The van der Waals surface area contributed by atoms with Crippen molar-refractivity contribution in [2.75, 3.05) is 26.4 Å². The average Bonchev–Trinajstić information content (AvgIpc) is 3.25. The van der Waals surface area contributed by atoms with E-state index in [1.54, 1.807) is 0 Å². The summed E-state index contributed by atoms with van der Waals surface area (Å²) in [6, 6.07) is 0. The van der Waals surface area contributed by atoms with Crippen molar-refractivity contribution in [3.63, 3.8) is 0 Å². The highest BCUT2D eigenvalue weighted by Gasteiger charge is 2.26. The van der Waals surface area contributed by atoms with Crippen LogP contribution in [0, 0.1) is 0 Å². The highest BCUT2D eigenvalue weighted by molar-refractivity contribution is 7.47. The van der Waals surface area contributed by atoms with E-state index in [2.05, 4.69) is 26.0 Å². The van der Waals surface area contributed by atoms with Crippen molar-refractivity contribution >= 4 is 19.8 Å². The number of allylic oxidation sites excluding steroid dienone is 2. The number of phosphoric ester groups is 1. The number of rotatable bonds is 50. The molecule has 0 aromatic rings. The van der Waals surface area contributed by atoms with Crippen molar-refractivity contribution in [2.45, 2.75) is 277 Å². The molecule has 0 rings (SSSR count). The van der Waals surface area contributed by atoms with E-state index in [0.29, 0.717) is 6.42 Å². The molecule has 2 unspecified atom stereocenters. The first kappa shape index (κ1) is 59.8. The van der Waals surface area contributed by atoms with Crippen LogP contribution in [0.25, 0.3) is 0 Å². The van der Waals surface area contributed by atoms with Crippen LogP contribution in [-0.4, -0.2) is 49.3 Å². The van der Waals surface area contributed by atoms with Gasteiger partial charge in [-0.1, -0.05) is 231 Å². The monoisotopic (exact) mass is 886 g/mol. The summed E-state index contributed by atoms with van der Waals surface area (Å²) in [5, 5.41) is 0. The van der Waals surface area contributed by atoms with Gasteiger partial charge in [0.15, 0.2) is 6.10 Å². The van der Waals surface area contributed by atoms with Gasteiger partial charge in [0.2, 0.25) is 0 Å². The van der Waals surface area contributed by atoms with Crippen LogP contribution < -0.4 is 5.73 Å². The van der Waals surface area contributed by atoms with Crippen LogP contribution in [0.3, 0.4) is 0 Å². The SMILES string of the molecule is CCCCCCCCCC/C=C\CCCCCCCCCCCCCCCCCCCCCCCC(=O)OC(COC(=O)CCCCCCCCC)COP(=O)(O)OCCN. The summed E-state index contributed by atoms with van der Waals surface area (Å²) in [5.41, 5.74) is 5.34. The quantitative estimate of drug-likeness (QED) is 0.0265. The molecule has 10 heteroatoms. The minimum atomic E-state index is -4.37. The van der Waals surface area contributed by atoms with Gasteiger partial charge in [0.1, 0.15) is 6.61 Å². The van der Waals surface area contributed by atoms with Gasteiger partial charge in [-0.25, -0.2) is 4.57 Å². The minimum Gasteiger partial charge on any atom is -0.462 e. The summed E-state index contributed by atoms with van der Waals surface area (Å²) in [6.45, 7) is 3.72. The Hall–Kier alpha value is -1.25. The lowest BCUT2D eigenvalue weighted by Crippen LogP contribution is -2.29.